The summed E-state index contributed by atoms with van der Waals surface area (Å²) in [6, 6.07) is 20.5. The van der Waals surface area contributed by atoms with Gasteiger partial charge in [0.2, 0.25) is 0 Å². The van der Waals surface area contributed by atoms with Gasteiger partial charge >= 0.3 is 11.9 Å². The minimum Gasteiger partial charge on any atom is -0.494 e. The number of ether oxygens (including phenoxy) is 4. The number of carbonyl (C=O) groups excluding carboxylic acids is 3. The van der Waals surface area contributed by atoms with Gasteiger partial charge in [-0.2, -0.15) is 0 Å². The Morgan fingerprint density at radius 2 is 1.06 bits per heavy atom. The fourth-order valence-electron chi connectivity index (χ4n) is 5.21. The Labute approximate surface area is 298 Å². The highest BCUT2D eigenvalue weighted by atomic mass is 16.5. The van der Waals surface area contributed by atoms with Gasteiger partial charge in [0.05, 0.1) is 25.3 Å². The standard InChI is InChI=1S/C42H55NO7/c1-5-7-9-10-11-12-13-14-15-16-31-48-37-23-19-34(20-24-37)40(44)43(29-32-49-41(45)33(3)4)36-21-17-35(18-22-36)42(46)50-39-27-25-38(26-28-39)47-30-8-6-2/h17-28H,3,5-16,29-32H2,1-2,4H3. The Hall–Kier alpha value is -4.59. The number of hydrogen-bond acceptors (Lipinski definition) is 7. The highest BCUT2D eigenvalue weighted by Crippen LogP contribution is 2.23. The van der Waals surface area contributed by atoms with Crippen molar-refractivity contribution in [1.29, 1.82) is 0 Å². The van der Waals surface area contributed by atoms with E-state index in [4.69, 9.17) is 18.9 Å². The third-order valence-electron chi connectivity index (χ3n) is 8.23. The summed E-state index contributed by atoms with van der Waals surface area (Å²) in [5.41, 5.74) is 1.58. The first kappa shape index (κ1) is 39.8. The maximum absolute atomic E-state index is 13.7. The van der Waals surface area contributed by atoms with Crippen LogP contribution in [0.4, 0.5) is 5.69 Å². The molecule has 0 heterocycles. The molecule has 0 aliphatic carbocycles. The number of nitrogens with zero attached hydrogens (tertiary/aromatic N) is 1. The summed E-state index contributed by atoms with van der Waals surface area (Å²) in [6.07, 6.45) is 14.7. The van der Waals surface area contributed by atoms with Crippen LogP contribution in [0.1, 0.15) is 119 Å². The summed E-state index contributed by atoms with van der Waals surface area (Å²) in [7, 11) is 0. The maximum atomic E-state index is 13.7. The largest absolute Gasteiger partial charge is 0.494 e. The second-order valence-corrected chi connectivity index (χ2v) is 12.5. The molecule has 3 aromatic rings. The molecule has 8 nitrogen and oxygen atoms in total. The Bertz CT molecular complexity index is 1450. The molecule has 0 saturated heterocycles. The number of hydrogen-bond donors (Lipinski definition) is 0. The zero-order valence-electron chi connectivity index (χ0n) is 30.3. The van der Waals surface area contributed by atoms with Gasteiger partial charge in [0.25, 0.3) is 5.91 Å². The average Bonchev–Trinajstić information content (AvgIpc) is 3.13. The number of amides is 1. The summed E-state index contributed by atoms with van der Waals surface area (Å²) < 4.78 is 22.4. The van der Waals surface area contributed by atoms with Gasteiger partial charge in [-0.05, 0) is 92.6 Å². The monoisotopic (exact) mass is 685 g/mol. The van der Waals surface area contributed by atoms with Gasteiger partial charge in [-0.1, -0.05) is 84.6 Å². The van der Waals surface area contributed by atoms with Gasteiger partial charge in [-0.25, -0.2) is 9.59 Å². The molecule has 3 rings (SSSR count). The lowest BCUT2D eigenvalue weighted by Crippen LogP contribution is -2.34. The summed E-state index contributed by atoms with van der Waals surface area (Å²) in [5.74, 6) is 0.481. The van der Waals surface area contributed by atoms with E-state index in [1.807, 2.05) is 0 Å². The molecule has 3 aromatic carbocycles. The van der Waals surface area contributed by atoms with Crippen LogP contribution in [-0.4, -0.2) is 44.2 Å². The highest BCUT2D eigenvalue weighted by Gasteiger charge is 2.20. The predicted octanol–water partition coefficient (Wildman–Crippen LogP) is 10.2. The van der Waals surface area contributed by atoms with Crippen LogP contribution in [-0.2, 0) is 9.53 Å². The molecule has 0 N–H and O–H groups in total. The van der Waals surface area contributed by atoms with E-state index in [0.717, 1.165) is 25.7 Å². The van der Waals surface area contributed by atoms with Crippen LogP contribution in [0, 0.1) is 0 Å². The van der Waals surface area contributed by atoms with Crippen molar-refractivity contribution in [2.75, 3.05) is 31.3 Å². The van der Waals surface area contributed by atoms with Crippen molar-refractivity contribution in [3.05, 3.63) is 96.1 Å². The number of carbonyl (C=O) groups is 3. The first-order valence-corrected chi connectivity index (χ1v) is 18.2. The van der Waals surface area contributed by atoms with Crippen molar-refractivity contribution in [1.82, 2.24) is 0 Å². The van der Waals surface area contributed by atoms with Crippen molar-refractivity contribution in [2.24, 2.45) is 0 Å². The normalized spacial score (nSPS) is 10.7. The second kappa shape index (κ2) is 22.9. The summed E-state index contributed by atoms with van der Waals surface area (Å²) in [4.78, 5) is 40.1. The summed E-state index contributed by atoms with van der Waals surface area (Å²) in [5, 5.41) is 0. The van der Waals surface area contributed by atoms with Gasteiger partial charge < -0.3 is 23.8 Å². The van der Waals surface area contributed by atoms with Crippen molar-refractivity contribution < 1.29 is 33.3 Å². The smallest absolute Gasteiger partial charge is 0.343 e. The lowest BCUT2D eigenvalue weighted by molar-refractivity contribution is -0.138. The minimum absolute atomic E-state index is 0.0283. The predicted molar refractivity (Wildman–Crippen MR) is 199 cm³/mol. The molecular formula is C42H55NO7. The fraction of sp³-hybridized carbons (Fsp3) is 0.452. The molecule has 0 unspecified atom stereocenters. The van der Waals surface area contributed by atoms with Crippen molar-refractivity contribution >= 4 is 23.5 Å². The molecule has 0 atom stereocenters. The Morgan fingerprint density at radius 3 is 1.62 bits per heavy atom. The van der Waals surface area contributed by atoms with E-state index in [-0.39, 0.29) is 24.6 Å². The summed E-state index contributed by atoms with van der Waals surface area (Å²) >= 11 is 0. The number of unbranched alkanes of at least 4 members (excludes halogenated alkanes) is 10. The zero-order chi connectivity index (χ0) is 36.0. The van der Waals surface area contributed by atoms with Gasteiger partial charge in [0.15, 0.2) is 0 Å². The first-order chi connectivity index (χ1) is 24.3. The van der Waals surface area contributed by atoms with E-state index in [2.05, 4.69) is 20.4 Å². The number of benzene rings is 3. The van der Waals surface area contributed by atoms with E-state index in [1.54, 1.807) is 79.7 Å². The SMILES string of the molecule is C=C(C)C(=O)OCCN(C(=O)c1ccc(OCCCCCCCCCCCC)cc1)c1ccc(C(=O)Oc2ccc(OCCCC)cc2)cc1. The van der Waals surface area contributed by atoms with Crippen LogP contribution in [0.25, 0.3) is 0 Å². The molecule has 0 saturated carbocycles. The van der Waals surface area contributed by atoms with E-state index in [9.17, 15) is 14.4 Å². The van der Waals surface area contributed by atoms with Crippen LogP contribution in [0.5, 0.6) is 17.2 Å². The molecule has 0 aliphatic heterocycles. The van der Waals surface area contributed by atoms with Gasteiger partial charge in [0.1, 0.15) is 23.9 Å². The Kier molecular flexibility index (Phi) is 18.3. The lowest BCUT2D eigenvalue weighted by atomic mass is 10.1. The lowest BCUT2D eigenvalue weighted by Gasteiger charge is -2.23. The van der Waals surface area contributed by atoms with Gasteiger partial charge in [-0.15, -0.1) is 0 Å². The first-order valence-electron chi connectivity index (χ1n) is 18.2. The number of esters is 2. The molecule has 0 fully saturated rings. The van der Waals surface area contributed by atoms with E-state index < -0.39 is 11.9 Å². The molecule has 270 valence electrons. The fourth-order valence-corrected chi connectivity index (χ4v) is 5.21. The van der Waals surface area contributed by atoms with Crippen LogP contribution < -0.4 is 19.1 Å². The zero-order valence-corrected chi connectivity index (χ0v) is 30.3. The number of anilines is 1. The average molecular weight is 686 g/mol. The second-order valence-electron chi connectivity index (χ2n) is 12.5. The van der Waals surface area contributed by atoms with Crippen LogP contribution in [0.2, 0.25) is 0 Å². The van der Waals surface area contributed by atoms with Crippen LogP contribution in [0.3, 0.4) is 0 Å². The highest BCUT2D eigenvalue weighted by molar-refractivity contribution is 6.06. The van der Waals surface area contributed by atoms with E-state index >= 15 is 0 Å². The van der Waals surface area contributed by atoms with Gasteiger partial charge in [0, 0.05) is 16.8 Å². The molecular weight excluding hydrogens is 630 g/mol. The maximum Gasteiger partial charge on any atom is 0.343 e. The van der Waals surface area contributed by atoms with Crippen molar-refractivity contribution in [2.45, 2.75) is 97.8 Å². The third kappa shape index (κ3) is 14.5. The molecule has 0 bridgehead atoms. The topological polar surface area (TPSA) is 91.4 Å². The molecule has 8 heteroatoms. The summed E-state index contributed by atoms with van der Waals surface area (Å²) in [6.45, 7) is 10.9. The van der Waals surface area contributed by atoms with Crippen molar-refractivity contribution in [3.63, 3.8) is 0 Å². The molecule has 0 radical (unpaired) electrons. The third-order valence-corrected chi connectivity index (χ3v) is 8.23. The molecule has 50 heavy (non-hydrogen) atoms. The van der Waals surface area contributed by atoms with Crippen LogP contribution >= 0.6 is 0 Å². The Morgan fingerprint density at radius 1 is 0.580 bits per heavy atom. The van der Waals surface area contributed by atoms with Crippen LogP contribution in [0.15, 0.2) is 84.9 Å². The Balaban J connectivity index is 1.56. The van der Waals surface area contributed by atoms with E-state index in [0.29, 0.717) is 47.3 Å². The van der Waals surface area contributed by atoms with Crippen molar-refractivity contribution in [3.8, 4) is 17.2 Å². The van der Waals surface area contributed by atoms with E-state index in [1.165, 1.54) is 56.3 Å². The molecule has 0 spiro atoms. The quantitative estimate of drug-likeness (QED) is 0.0401. The minimum atomic E-state index is -0.530. The number of rotatable bonds is 24. The molecule has 0 aromatic heterocycles. The van der Waals surface area contributed by atoms with Gasteiger partial charge in [-0.3, -0.25) is 4.79 Å². The molecule has 0 aliphatic rings. The molecule has 1 amide bonds.